The summed E-state index contributed by atoms with van der Waals surface area (Å²) in [5, 5.41) is 3.33. The van der Waals surface area contributed by atoms with Crippen LogP contribution in [0.3, 0.4) is 0 Å². The zero-order valence-corrected chi connectivity index (χ0v) is 10.8. The van der Waals surface area contributed by atoms with E-state index in [4.69, 9.17) is 4.74 Å². The number of nitrogens with zero attached hydrogens (tertiary/aromatic N) is 1. The van der Waals surface area contributed by atoms with E-state index in [9.17, 15) is 4.79 Å². The van der Waals surface area contributed by atoms with E-state index in [2.05, 4.69) is 26.1 Å². The van der Waals surface area contributed by atoms with Crippen LogP contribution in [0, 0.1) is 0 Å². The summed E-state index contributed by atoms with van der Waals surface area (Å²) >= 11 is 0. The molecule has 4 nitrogen and oxygen atoms in total. The van der Waals surface area contributed by atoms with Gasteiger partial charge in [-0.2, -0.15) is 0 Å². The molecule has 0 spiro atoms. The van der Waals surface area contributed by atoms with Crippen LogP contribution in [0.15, 0.2) is 0 Å². The number of carbonyl (C=O) groups excluding carboxylic acids is 1. The molecule has 1 aliphatic heterocycles. The van der Waals surface area contributed by atoms with Gasteiger partial charge in [0, 0.05) is 25.2 Å². The topological polar surface area (TPSA) is 41.6 Å². The molecule has 0 aliphatic carbocycles. The Kier molecular flexibility index (Phi) is 5.22. The minimum Gasteiger partial charge on any atom is -0.380 e. The Morgan fingerprint density at radius 1 is 1.50 bits per heavy atom. The average Bonchev–Trinajstić information content (AvgIpc) is 2.57. The molecule has 1 N–H and O–H groups in total. The first kappa shape index (κ1) is 13.5. The molecule has 0 aromatic heterocycles. The van der Waals surface area contributed by atoms with Crippen molar-refractivity contribution in [3.05, 3.63) is 0 Å². The third kappa shape index (κ3) is 3.46. The van der Waals surface area contributed by atoms with Crippen LogP contribution in [-0.4, -0.2) is 48.7 Å². The third-order valence-electron chi connectivity index (χ3n) is 2.92. The van der Waals surface area contributed by atoms with Crippen molar-refractivity contribution in [3.63, 3.8) is 0 Å². The number of hydrogen-bond donors (Lipinski definition) is 1. The van der Waals surface area contributed by atoms with Crippen molar-refractivity contribution >= 4 is 5.91 Å². The molecule has 0 bridgehead atoms. The molecule has 94 valence electrons. The van der Waals surface area contributed by atoms with E-state index in [1.54, 1.807) is 0 Å². The number of likely N-dealkylation sites (tertiary alicyclic amines) is 1. The number of nitrogens with one attached hydrogen (secondary N) is 1. The third-order valence-corrected chi connectivity index (χ3v) is 2.92. The van der Waals surface area contributed by atoms with Crippen molar-refractivity contribution in [2.75, 3.05) is 19.8 Å². The maximum atomic E-state index is 12.0. The molecule has 2 atom stereocenters. The summed E-state index contributed by atoms with van der Waals surface area (Å²) in [4.78, 5) is 13.9. The molecule has 16 heavy (non-hydrogen) atoms. The fourth-order valence-electron chi connectivity index (χ4n) is 2.06. The van der Waals surface area contributed by atoms with E-state index in [1.165, 1.54) is 0 Å². The highest BCUT2D eigenvalue weighted by molar-refractivity contribution is 5.84. The van der Waals surface area contributed by atoms with Crippen molar-refractivity contribution in [2.45, 2.75) is 52.2 Å². The van der Waals surface area contributed by atoms with Gasteiger partial charge in [-0.1, -0.05) is 0 Å². The van der Waals surface area contributed by atoms with E-state index in [0.29, 0.717) is 12.6 Å². The van der Waals surface area contributed by atoms with Gasteiger partial charge in [0.05, 0.1) is 12.6 Å². The lowest BCUT2D eigenvalue weighted by Crippen LogP contribution is -2.45. The van der Waals surface area contributed by atoms with Crippen LogP contribution in [0.1, 0.15) is 34.1 Å². The summed E-state index contributed by atoms with van der Waals surface area (Å²) < 4.78 is 5.33. The van der Waals surface area contributed by atoms with Gasteiger partial charge in [-0.15, -0.1) is 0 Å². The number of carbonyl (C=O) groups is 1. The summed E-state index contributed by atoms with van der Waals surface area (Å²) in [6, 6.07) is 0.528. The van der Waals surface area contributed by atoms with Crippen molar-refractivity contribution in [1.29, 1.82) is 0 Å². The number of ether oxygens (including phenoxy) is 1. The summed E-state index contributed by atoms with van der Waals surface area (Å²) in [7, 11) is 0. The monoisotopic (exact) mass is 228 g/mol. The quantitative estimate of drug-likeness (QED) is 0.737. The van der Waals surface area contributed by atoms with Crippen molar-refractivity contribution in [3.8, 4) is 0 Å². The van der Waals surface area contributed by atoms with Crippen LogP contribution in [0.4, 0.5) is 0 Å². The van der Waals surface area contributed by atoms with Crippen LogP contribution in [0.25, 0.3) is 0 Å². The van der Waals surface area contributed by atoms with Crippen LogP contribution < -0.4 is 5.32 Å². The Bertz CT molecular complexity index is 231. The molecule has 1 aliphatic rings. The fourth-order valence-corrected chi connectivity index (χ4v) is 2.06. The minimum absolute atomic E-state index is 0.0159. The predicted molar refractivity (Wildman–Crippen MR) is 64.3 cm³/mol. The van der Waals surface area contributed by atoms with E-state index in [-0.39, 0.29) is 18.0 Å². The summed E-state index contributed by atoms with van der Waals surface area (Å²) in [5.74, 6) is 0.235. The summed E-state index contributed by atoms with van der Waals surface area (Å²) in [6.45, 7) is 10.4. The predicted octanol–water partition coefficient (Wildman–Crippen LogP) is 1.01. The maximum absolute atomic E-state index is 12.0. The molecule has 2 unspecified atom stereocenters. The highest BCUT2D eigenvalue weighted by Crippen LogP contribution is 2.14. The van der Waals surface area contributed by atoms with E-state index in [0.717, 1.165) is 19.6 Å². The van der Waals surface area contributed by atoms with E-state index >= 15 is 0 Å². The maximum Gasteiger partial charge on any atom is 0.240 e. The fraction of sp³-hybridized carbons (Fsp3) is 0.917. The highest BCUT2D eigenvalue weighted by atomic mass is 16.5. The molecule has 1 rings (SSSR count). The molecule has 0 saturated carbocycles. The molecular weight excluding hydrogens is 204 g/mol. The van der Waals surface area contributed by atoms with Gasteiger partial charge in [0.25, 0.3) is 0 Å². The SMILES string of the molecule is CCOCC(C)NC1CCN(C(C)C)C1=O. The molecule has 1 amide bonds. The Balaban J connectivity index is 2.36. The first-order chi connectivity index (χ1) is 7.56. The lowest BCUT2D eigenvalue weighted by atomic mass is 10.2. The second-order valence-corrected chi connectivity index (χ2v) is 4.69. The van der Waals surface area contributed by atoms with Gasteiger partial charge < -0.3 is 15.0 Å². The molecule has 1 saturated heterocycles. The highest BCUT2D eigenvalue weighted by Gasteiger charge is 2.33. The zero-order chi connectivity index (χ0) is 12.1. The minimum atomic E-state index is -0.0159. The lowest BCUT2D eigenvalue weighted by Gasteiger charge is -2.22. The lowest BCUT2D eigenvalue weighted by molar-refractivity contribution is -0.131. The molecule has 0 aromatic rings. The number of rotatable bonds is 6. The molecule has 0 aromatic carbocycles. The van der Waals surface area contributed by atoms with Gasteiger partial charge in [0.2, 0.25) is 5.91 Å². The van der Waals surface area contributed by atoms with Gasteiger partial charge in [-0.25, -0.2) is 0 Å². The molecule has 0 radical (unpaired) electrons. The first-order valence-corrected chi connectivity index (χ1v) is 6.20. The largest absolute Gasteiger partial charge is 0.380 e. The standard InChI is InChI=1S/C12H24N2O2/c1-5-16-8-10(4)13-11-6-7-14(9(2)3)12(11)15/h9-11,13H,5-8H2,1-4H3. The first-order valence-electron chi connectivity index (χ1n) is 6.20. The van der Waals surface area contributed by atoms with Gasteiger partial charge in [-0.3, -0.25) is 4.79 Å². The Morgan fingerprint density at radius 3 is 2.69 bits per heavy atom. The second-order valence-electron chi connectivity index (χ2n) is 4.69. The molecule has 1 fully saturated rings. The zero-order valence-electron chi connectivity index (χ0n) is 10.8. The van der Waals surface area contributed by atoms with Crippen LogP contribution >= 0.6 is 0 Å². The van der Waals surface area contributed by atoms with Crippen LogP contribution in [0.5, 0.6) is 0 Å². The summed E-state index contributed by atoms with van der Waals surface area (Å²) in [5.41, 5.74) is 0. The Labute approximate surface area is 98.3 Å². The Hall–Kier alpha value is -0.610. The van der Waals surface area contributed by atoms with Gasteiger partial charge in [-0.05, 0) is 34.1 Å². The number of hydrogen-bond acceptors (Lipinski definition) is 3. The van der Waals surface area contributed by atoms with Crippen LogP contribution in [-0.2, 0) is 9.53 Å². The normalized spacial score (nSPS) is 23.2. The molecule has 1 heterocycles. The average molecular weight is 228 g/mol. The Morgan fingerprint density at radius 2 is 2.19 bits per heavy atom. The van der Waals surface area contributed by atoms with Crippen molar-refractivity contribution in [1.82, 2.24) is 10.2 Å². The van der Waals surface area contributed by atoms with Crippen molar-refractivity contribution < 1.29 is 9.53 Å². The second kappa shape index (κ2) is 6.21. The summed E-state index contributed by atoms with van der Waals surface area (Å²) in [6.07, 6.45) is 0.910. The van der Waals surface area contributed by atoms with E-state index < -0.39 is 0 Å². The smallest absolute Gasteiger partial charge is 0.240 e. The van der Waals surface area contributed by atoms with Gasteiger partial charge in [0.1, 0.15) is 0 Å². The van der Waals surface area contributed by atoms with E-state index in [1.807, 2.05) is 11.8 Å². The van der Waals surface area contributed by atoms with Crippen LogP contribution in [0.2, 0.25) is 0 Å². The van der Waals surface area contributed by atoms with Gasteiger partial charge >= 0.3 is 0 Å². The molecular formula is C12H24N2O2. The molecule has 4 heteroatoms. The van der Waals surface area contributed by atoms with Crippen molar-refractivity contribution in [2.24, 2.45) is 0 Å². The van der Waals surface area contributed by atoms with Gasteiger partial charge in [0.15, 0.2) is 0 Å². The number of amides is 1.